The van der Waals surface area contributed by atoms with Crippen molar-refractivity contribution >= 4 is 0 Å². The van der Waals surface area contributed by atoms with E-state index in [0.717, 1.165) is 18.6 Å². The number of aliphatic hydroxyl groups is 1. The molecule has 0 saturated heterocycles. The Hall–Kier alpha value is -1.02. The zero-order chi connectivity index (χ0) is 12.0. The molecule has 1 aromatic rings. The van der Waals surface area contributed by atoms with Gasteiger partial charge in [0, 0.05) is 0 Å². The second-order valence-corrected chi connectivity index (χ2v) is 4.56. The molecular weight excluding hydrogens is 200 g/mol. The van der Waals surface area contributed by atoms with E-state index in [0.29, 0.717) is 12.5 Å². The van der Waals surface area contributed by atoms with Crippen LogP contribution in [0.4, 0.5) is 0 Å². The first-order valence-electron chi connectivity index (χ1n) is 6.02. The summed E-state index contributed by atoms with van der Waals surface area (Å²) in [4.78, 5) is 0. The minimum atomic E-state index is -0.370. The molecule has 1 atom stereocenters. The molecule has 0 aliphatic heterocycles. The van der Waals surface area contributed by atoms with Gasteiger partial charge in [-0.1, -0.05) is 39.0 Å². The summed E-state index contributed by atoms with van der Waals surface area (Å²) in [7, 11) is 0. The zero-order valence-corrected chi connectivity index (χ0v) is 10.4. The van der Waals surface area contributed by atoms with Gasteiger partial charge in [0.1, 0.15) is 12.4 Å². The average molecular weight is 222 g/mol. The normalized spacial score (nSPS) is 12.8. The van der Waals surface area contributed by atoms with Gasteiger partial charge in [-0.15, -0.1) is 0 Å². The van der Waals surface area contributed by atoms with Crippen molar-refractivity contribution in [1.82, 2.24) is 0 Å². The molecule has 0 aliphatic rings. The van der Waals surface area contributed by atoms with E-state index in [1.807, 2.05) is 18.2 Å². The molecule has 16 heavy (non-hydrogen) atoms. The van der Waals surface area contributed by atoms with Crippen LogP contribution in [0.15, 0.2) is 24.3 Å². The number of para-hydroxylation sites is 1. The van der Waals surface area contributed by atoms with Crippen molar-refractivity contribution in [3.8, 4) is 5.75 Å². The van der Waals surface area contributed by atoms with Gasteiger partial charge in [-0.25, -0.2) is 0 Å². The molecule has 1 unspecified atom stereocenters. The van der Waals surface area contributed by atoms with Crippen LogP contribution in [0, 0.1) is 5.92 Å². The quantitative estimate of drug-likeness (QED) is 0.801. The molecule has 1 rings (SSSR count). The Morgan fingerprint density at radius 3 is 2.56 bits per heavy atom. The van der Waals surface area contributed by atoms with Crippen LogP contribution in [0.25, 0.3) is 0 Å². The predicted octanol–water partition coefficient (Wildman–Crippen LogP) is 3.03. The first-order chi connectivity index (χ1) is 7.63. The van der Waals surface area contributed by atoms with Gasteiger partial charge < -0.3 is 9.84 Å². The smallest absolute Gasteiger partial charge is 0.122 e. The summed E-state index contributed by atoms with van der Waals surface area (Å²) >= 11 is 0. The van der Waals surface area contributed by atoms with Gasteiger partial charge in [0.15, 0.2) is 0 Å². The molecule has 0 radical (unpaired) electrons. The Bertz CT molecular complexity index is 307. The van der Waals surface area contributed by atoms with Crippen LogP contribution in [0.3, 0.4) is 0 Å². The molecule has 0 saturated carbocycles. The topological polar surface area (TPSA) is 29.5 Å². The molecule has 2 heteroatoms. The van der Waals surface area contributed by atoms with E-state index in [2.05, 4.69) is 26.8 Å². The lowest BCUT2D eigenvalue weighted by Gasteiger charge is -2.15. The highest BCUT2D eigenvalue weighted by Gasteiger charge is 2.08. The fraction of sp³-hybridized carbons (Fsp3) is 0.571. The second kappa shape index (κ2) is 6.54. The van der Waals surface area contributed by atoms with Crippen LogP contribution in [-0.4, -0.2) is 17.8 Å². The average Bonchev–Trinajstić information content (AvgIpc) is 2.26. The van der Waals surface area contributed by atoms with Gasteiger partial charge >= 0.3 is 0 Å². The van der Waals surface area contributed by atoms with Gasteiger partial charge in [-0.3, -0.25) is 0 Å². The summed E-state index contributed by atoms with van der Waals surface area (Å²) in [6.07, 6.45) is 1.37. The molecule has 0 amide bonds. The standard InChI is InChI=1S/C14H22O2/c1-4-12-7-5-6-8-14(12)16-10-13(15)9-11(2)3/h5-8,11,13,15H,4,9-10H2,1-3H3. The van der Waals surface area contributed by atoms with Crippen molar-refractivity contribution < 1.29 is 9.84 Å². The minimum Gasteiger partial charge on any atom is -0.491 e. The third-order valence-electron chi connectivity index (χ3n) is 2.53. The van der Waals surface area contributed by atoms with Crippen LogP contribution in [0.2, 0.25) is 0 Å². The molecule has 0 heterocycles. The maximum atomic E-state index is 9.72. The van der Waals surface area contributed by atoms with Gasteiger partial charge in [0.25, 0.3) is 0 Å². The van der Waals surface area contributed by atoms with E-state index in [9.17, 15) is 5.11 Å². The van der Waals surface area contributed by atoms with E-state index in [1.54, 1.807) is 0 Å². The van der Waals surface area contributed by atoms with Crippen LogP contribution < -0.4 is 4.74 Å². The first-order valence-corrected chi connectivity index (χ1v) is 6.02. The van der Waals surface area contributed by atoms with Crippen LogP contribution in [-0.2, 0) is 6.42 Å². The summed E-state index contributed by atoms with van der Waals surface area (Å²) in [6.45, 7) is 6.69. The van der Waals surface area contributed by atoms with E-state index >= 15 is 0 Å². The Kier molecular flexibility index (Phi) is 5.33. The van der Waals surface area contributed by atoms with Crippen molar-refractivity contribution in [3.05, 3.63) is 29.8 Å². The Morgan fingerprint density at radius 1 is 1.25 bits per heavy atom. The second-order valence-electron chi connectivity index (χ2n) is 4.56. The predicted molar refractivity (Wildman–Crippen MR) is 66.8 cm³/mol. The number of benzene rings is 1. The molecule has 0 spiro atoms. The fourth-order valence-corrected chi connectivity index (χ4v) is 1.73. The summed E-state index contributed by atoms with van der Waals surface area (Å²) in [5, 5.41) is 9.72. The van der Waals surface area contributed by atoms with Crippen LogP contribution in [0.5, 0.6) is 5.75 Å². The minimum absolute atomic E-state index is 0.370. The molecule has 1 N–H and O–H groups in total. The van der Waals surface area contributed by atoms with Crippen molar-refractivity contribution in [2.24, 2.45) is 5.92 Å². The SMILES string of the molecule is CCc1ccccc1OCC(O)CC(C)C. The Labute approximate surface area is 98.3 Å². The lowest BCUT2D eigenvalue weighted by Crippen LogP contribution is -2.19. The summed E-state index contributed by atoms with van der Waals surface area (Å²) in [5.74, 6) is 1.40. The number of rotatable bonds is 6. The Morgan fingerprint density at radius 2 is 1.94 bits per heavy atom. The van der Waals surface area contributed by atoms with Gasteiger partial charge in [-0.05, 0) is 30.4 Å². The highest BCUT2D eigenvalue weighted by atomic mass is 16.5. The molecular formula is C14H22O2. The summed E-state index contributed by atoms with van der Waals surface area (Å²) in [6, 6.07) is 7.99. The molecule has 2 nitrogen and oxygen atoms in total. The fourth-order valence-electron chi connectivity index (χ4n) is 1.73. The maximum Gasteiger partial charge on any atom is 0.122 e. The van der Waals surface area contributed by atoms with Crippen molar-refractivity contribution in [2.75, 3.05) is 6.61 Å². The van der Waals surface area contributed by atoms with E-state index in [-0.39, 0.29) is 6.10 Å². The van der Waals surface area contributed by atoms with Crippen LogP contribution >= 0.6 is 0 Å². The largest absolute Gasteiger partial charge is 0.491 e. The zero-order valence-electron chi connectivity index (χ0n) is 10.4. The van der Waals surface area contributed by atoms with Crippen molar-refractivity contribution in [1.29, 1.82) is 0 Å². The number of ether oxygens (including phenoxy) is 1. The van der Waals surface area contributed by atoms with Gasteiger partial charge in [0.2, 0.25) is 0 Å². The van der Waals surface area contributed by atoms with E-state index in [1.165, 1.54) is 5.56 Å². The van der Waals surface area contributed by atoms with E-state index < -0.39 is 0 Å². The third kappa shape index (κ3) is 4.23. The molecule has 90 valence electrons. The Balaban J connectivity index is 2.47. The van der Waals surface area contributed by atoms with E-state index in [4.69, 9.17) is 4.74 Å². The van der Waals surface area contributed by atoms with Crippen LogP contribution in [0.1, 0.15) is 32.8 Å². The van der Waals surface area contributed by atoms with Gasteiger partial charge in [0.05, 0.1) is 6.10 Å². The lowest BCUT2D eigenvalue weighted by atomic mass is 10.1. The molecule has 0 fully saturated rings. The number of aryl methyl sites for hydroxylation is 1. The molecule has 0 aliphatic carbocycles. The first kappa shape index (κ1) is 13.0. The maximum absolute atomic E-state index is 9.72. The molecule has 0 aromatic heterocycles. The number of hydrogen-bond donors (Lipinski definition) is 1. The van der Waals surface area contributed by atoms with Crippen molar-refractivity contribution in [3.63, 3.8) is 0 Å². The summed E-state index contributed by atoms with van der Waals surface area (Å²) in [5.41, 5.74) is 1.19. The monoisotopic (exact) mass is 222 g/mol. The van der Waals surface area contributed by atoms with Crippen molar-refractivity contribution in [2.45, 2.75) is 39.7 Å². The number of aliphatic hydroxyl groups excluding tert-OH is 1. The molecule has 0 bridgehead atoms. The molecule has 1 aromatic carbocycles. The highest BCUT2D eigenvalue weighted by molar-refractivity contribution is 5.33. The third-order valence-corrected chi connectivity index (χ3v) is 2.53. The van der Waals surface area contributed by atoms with Gasteiger partial charge in [-0.2, -0.15) is 0 Å². The lowest BCUT2D eigenvalue weighted by molar-refractivity contribution is 0.0888. The summed E-state index contributed by atoms with van der Waals surface area (Å²) < 4.78 is 5.64. The number of hydrogen-bond acceptors (Lipinski definition) is 2. The highest BCUT2D eigenvalue weighted by Crippen LogP contribution is 2.18.